The fourth-order valence-electron chi connectivity index (χ4n) is 1.64. The van der Waals surface area contributed by atoms with Crippen LogP contribution in [0.15, 0.2) is 4.52 Å². The molecule has 70 valence electrons. The van der Waals surface area contributed by atoms with E-state index >= 15 is 0 Å². The molecule has 0 amide bonds. The summed E-state index contributed by atoms with van der Waals surface area (Å²) in [6.45, 7) is 0. The molecular weight excluding hydrogens is 166 g/mol. The molecule has 3 rings (SSSR count). The van der Waals surface area contributed by atoms with Crippen molar-refractivity contribution in [2.24, 2.45) is 0 Å². The molecule has 1 aromatic rings. The predicted octanol–water partition coefficient (Wildman–Crippen LogP) is 1.16. The monoisotopic (exact) mass is 179 g/mol. The van der Waals surface area contributed by atoms with E-state index in [0.717, 1.165) is 24.6 Å². The summed E-state index contributed by atoms with van der Waals surface area (Å²) in [4.78, 5) is 4.44. The second kappa shape index (κ2) is 2.32. The molecule has 4 heteroatoms. The van der Waals surface area contributed by atoms with E-state index in [2.05, 4.69) is 15.5 Å². The van der Waals surface area contributed by atoms with Gasteiger partial charge in [0.15, 0.2) is 5.82 Å². The van der Waals surface area contributed by atoms with E-state index in [-0.39, 0.29) is 5.54 Å². The maximum Gasteiger partial charge on any atom is 0.229 e. The van der Waals surface area contributed by atoms with E-state index in [1.807, 2.05) is 7.05 Å². The van der Waals surface area contributed by atoms with Gasteiger partial charge in [-0.05, 0) is 32.7 Å². The molecule has 2 aliphatic rings. The van der Waals surface area contributed by atoms with Crippen LogP contribution in [0.25, 0.3) is 0 Å². The Morgan fingerprint density at radius 1 is 1.46 bits per heavy atom. The zero-order chi connectivity index (χ0) is 8.89. The van der Waals surface area contributed by atoms with Gasteiger partial charge in [-0.25, -0.2) is 0 Å². The molecule has 0 saturated heterocycles. The van der Waals surface area contributed by atoms with Crippen molar-refractivity contribution in [2.75, 3.05) is 7.05 Å². The normalized spacial score (nSPS) is 24.7. The van der Waals surface area contributed by atoms with Crippen molar-refractivity contribution in [3.63, 3.8) is 0 Å². The van der Waals surface area contributed by atoms with Crippen LogP contribution in [0.1, 0.15) is 43.3 Å². The van der Waals surface area contributed by atoms with Crippen LogP contribution in [0.5, 0.6) is 0 Å². The lowest BCUT2D eigenvalue weighted by Crippen LogP contribution is -2.25. The second-order valence-electron chi connectivity index (χ2n) is 4.06. The van der Waals surface area contributed by atoms with Crippen LogP contribution in [-0.2, 0) is 5.54 Å². The van der Waals surface area contributed by atoms with Gasteiger partial charge < -0.3 is 9.84 Å². The Balaban J connectivity index is 1.88. The van der Waals surface area contributed by atoms with Crippen LogP contribution in [0.4, 0.5) is 0 Å². The number of rotatable bonds is 3. The standard InChI is InChI=1S/C9H13N3O/c1-10-9(4-5-9)8-11-7(13-12-8)6-2-3-6/h6,10H,2-5H2,1H3. The lowest BCUT2D eigenvalue weighted by Gasteiger charge is -2.06. The summed E-state index contributed by atoms with van der Waals surface area (Å²) < 4.78 is 5.22. The topological polar surface area (TPSA) is 51.0 Å². The third kappa shape index (κ3) is 1.09. The van der Waals surface area contributed by atoms with E-state index in [1.54, 1.807) is 0 Å². The van der Waals surface area contributed by atoms with Crippen molar-refractivity contribution in [1.29, 1.82) is 0 Å². The van der Waals surface area contributed by atoms with Gasteiger partial charge in [-0.2, -0.15) is 4.98 Å². The maximum absolute atomic E-state index is 5.22. The molecule has 2 fully saturated rings. The van der Waals surface area contributed by atoms with Crippen LogP contribution in [0.3, 0.4) is 0 Å². The zero-order valence-electron chi connectivity index (χ0n) is 7.71. The Morgan fingerprint density at radius 3 is 2.77 bits per heavy atom. The highest BCUT2D eigenvalue weighted by atomic mass is 16.5. The molecule has 1 aromatic heterocycles. The second-order valence-corrected chi connectivity index (χ2v) is 4.06. The molecule has 0 unspecified atom stereocenters. The Morgan fingerprint density at radius 2 is 2.23 bits per heavy atom. The lowest BCUT2D eigenvalue weighted by molar-refractivity contribution is 0.365. The maximum atomic E-state index is 5.22. The molecular formula is C9H13N3O. The van der Waals surface area contributed by atoms with Crippen molar-refractivity contribution in [3.05, 3.63) is 11.7 Å². The van der Waals surface area contributed by atoms with Crippen molar-refractivity contribution < 1.29 is 4.52 Å². The van der Waals surface area contributed by atoms with E-state index in [9.17, 15) is 0 Å². The molecule has 1 heterocycles. The first kappa shape index (κ1) is 7.50. The molecule has 2 saturated carbocycles. The van der Waals surface area contributed by atoms with Gasteiger partial charge in [0.2, 0.25) is 5.89 Å². The van der Waals surface area contributed by atoms with Crippen LogP contribution in [0.2, 0.25) is 0 Å². The van der Waals surface area contributed by atoms with Gasteiger partial charge in [0, 0.05) is 5.92 Å². The van der Waals surface area contributed by atoms with Gasteiger partial charge in [-0.1, -0.05) is 5.16 Å². The summed E-state index contributed by atoms with van der Waals surface area (Å²) in [5.74, 6) is 2.27. The highest BCUT2D eigenvalue weighted by molar-refractivity contribution is 5.16. The van der Waals surface area contributed by atoms with Gasteiger partial charge in [-0.15, -0.1) is 0 Å². The highest BCUT2D eigenvalue weighted by Gasteiger charge is 2.47. The van der Waals surface area contributed by atoms with E-state index in [0.29, 0.717) is 5.92 Å². The van der Waals surface area contributed by atoms with Crippen molar-refractivity contribution in [2.45, 2.75) is 37.1 Å². The smallest absolute Gasteiger partial charge is 0.229 e. The van der Waals surface area contributed by atoms with Gasteiger partial charge in [-0.3, -0.25) is 0 Å². The number of hydrogen-bond donors (Lipinski definition) is 1. The minimum atomic E-state index is 0.0522. The summed E-state index contributed by atoms with van der Waals surface area (Å²) in [6, 6.07) is 0. The summed E-state index contributed by atoms with van der Waals surface area (Å²) in [5.41, 5.74) is 0.0522. The summed E-state index contributed by atoms with van der Waals surface area (Å²) in [7, 11) is 1.96. The molecule has 0 aromatic carbocycles. The average molecular weight is 179 g/mol. The fourth-order valence-corrected chi connectivity index (χ4v) is 1.64. The Bertz CT molecular complexity index is 325. The molecule has 13 heavy (non-hydrogen) atoms. The van der Waals surface area contributed by atoms with Gasteiger partial charge >= 0.3 is 0 Å². The largest absolute Gasteiger partial charge is 0.339 e. The third-order valence-corrected chi connectivity index (χ3v) is 3.02. The van der Waals surface area contributed by atoms with Gasteiger partial charge in [0.25, 0.3) is 0 Å². The number of aromatic nitrogens is 2. The molecule has 2 aliphatic carbocycles. The van der Waals surface area contributed by atoms with Gasteiger partial charge in [0.05, 0.1) is 5.54 Å². The molecule has 0 atom stereocenters. The van der Waals surface area contributed by atoms with Crippen molar-refractivity contribution >= 4 is 0 Å². The van der Waals surface area contributed by atoms with E-state index in [1.165, 1.54) is 12.8 Å². The molecule has 0 aliphatic heterocycles. The van der Waals surface area contributed by atoms with Crippen LogP contribution in [-0.4, -0.2) is 17.2 Å². The third-order valence-electron chi connectivity index (χ3n) is 3.02. The Labute approximate surface area is 76.7 Å². The SMILES string of the molecule is CNC1(c2noc(C3CC3)n2)CC1. The predicted molar refractivity (Wildman–Crippen MR) is 46.2 cm³/mol. The van der Waals surface area contributed by atoms with E-state index in [4.69, 9.17) is 4.52 Å². The Kier molecular flexibility index (Phi) is 1.34. The molecule has 1 N–H and O–H groups in total. The summed E-state index contributed by atoms with van der Waals surface area (Å²) in [6.07, 6.45) is 4.70. The molecule has 4 nitrogen and oxygen atoms in total. The first-order chi connectivity index (χ1) is 6.34. The van der Waals surface area contributed by atoms with E-state index < -0.39 is 0 Å². The minimum absolute atomic E-state index is 0.0522. The highest BCUT2D eigenvalue weighted by Crippen LogP contribution is 2.45. The number of hydrogen-bond acceptors (Lipinski definition) is 4. The average Bonchev–Trinajstić information content (AvgIpc) is 3.07. The number of nitrogens with one attached hydrogen (secondary N) is 1. The molecule has 0 bridgehead atoms. The Hall–Kier alpha value is -0.900. The van der Waals surface area contributed by atoms with Gasteiger partial charge in [0.1, 0.15) is 0 Å². The zero-order valence-corrected chi connectivity index (χ0v) is 7.71. The number of nitrogens with zero attached hydrogens (tertiary/aromatic N) is 2. The lowest BCUT2D eigenvalue weighted by atomic mass is 10.2. The first-order valence-corrected chi connectivity index (χ1v) is 4.87. The molecule has 0 radical (unpaired) electrons. The quantitative estimate of drug-likeness (QED) is 0.756. The minimum Gasteiger partial charge on any atom is -0.339 e. The summed E-state index contributed by atoms with van der Waals surface area (Å²) in [5, 5.41) is 7.29. The first-order valence-electron chi connectivity index (χ1n) is 4.87. The fraction of sp³-hybridized carbons (Fsp3) is 0.778. The van der Waals surface area contributed by atoms with Crippen LogP contribution in [0, 0.1) is 0 Å². The van der Waals surface area contributed by atoms with Crippen molar-refractivity contribution in [1.82, 2.24) is 15.5 Å². The molecule has 0 spiro atoms. The van der Waals surface area contributed by atoms with Crippen molar-refractivity contribution in [3.8, 4) is 0 Å². The van der Waals surface area contributed by atoms with Crippen LogP contribution < -0.4 is 5.32 Å². The summed E-state index contributed by atoms with van der Waals surface area (Å²) >= 11 is 0. The van der Waals surface area contributed by atoms with Crippen LogP contribution >= 0.6 is 0 Å².